The number of ether oxygens (including phenoxy) is 1. The molecule has 4 heteroatoms. The van der Waals surface area contributed by atoms with Crippen molar-refractivity contribution in [1.82, 2.24) is 5.32 Å². The second-order valence-corrected chi connectivity index (χ2v) is 4.52. The largest absolute Gasteiger partial charge is 0.488 e. The van der Waals surface area contributed by atoms with Gasteiger partial charge < -0.3 is 14.5 Å². The number of benzene rings is 1. The summed E-state index contributed by atoms with van der Waals surface area (Å²) < 4.78 is 24.4. The highest BCUT2D eigenvalue weighted by atomic mass is 19.1. The molecule has 1 N–H and O–H groups in total. The predicted octanol–water partition coefficient (Wildman–Crippen LogP) is 3.33. The molecule has 0 bridgehead atoms. The summed E-state index contributed by atoms with van der Waals surface area (Å²) in [5.74, 6) is 1.98. The second-order valence-electron chi connectivity index (χ2n) is 4.52. The van der Waals surface area contributed by atoms with Gasteiger partial charge in [0.05, 0.1) is 6.54 Å². The standard InChI is InChI=1S/C15H18FNO2/c1-10-4-5-13(16)7-15(10)18-9-12-6-14(8-17-3)19-11(12)2/h4-7,17H,8-9H2,1-3H3. The number of hydrogen-bond donors (Lipinski definition) is 1. The van der Waals surface area contributed by atoms with Crippen molar-refractivity contribution in [2.75, 3.05) is 7.05 Å². The van der Waals surface area contributed by atoms with Crippen LogP contribution in [0.5, 0.6) is 5.75 Å². The van der Waals surface area contributed by atoms with Crippen LogP contribution in [-0.2, 0) is 13.2 Å². The maximum atomic E-state index is 13.1. The van der Waals surface area contributed by atoms with E-state index in [9.17, 15) is 4.39 Å². The lowest BCUT2D eigenvalue weighted by molar-refractivity contribution is 0.299. The van der Waals surface area contributed by atoms with Crippen molar-refractivity contribution in [3.63, 3.8) is 0 Å². The van der Waals surface area contributed by atoms with Crippen molar-refractivity contribution < 1.29 is 13.5 Å². The lowest BCUT2D eigenvalue weighted by Crippen LogP contribution is -2.03. The van der Waals surface area contributed by atoms with Crippen LogP contribution in [0, 0.1) is 19.7 Å². The molecular formula is C15H18FNO2. The van der Waals surface area contributed by atoms with Gasteiger partial charge in [0, 0.05) is 11.6 Å². The lowest BCUT2D eigenvalue weighted by atomic mass is 10.2. The molecule has 2 aromatic rings. The molecule has 0 spiro atoms. The van der Waals surface area contributed by atoms with Gasteiger partial charge in [-0.1, -0.05) is 6.07 Å². The fraction of sp³-hybridized carbons (Fsp3) is 0.333. The molecule has 0 aliphatic heterocycles. The fourth-order valence-corrected chi connectivity index (χ4v) is 1.88. The van der Waals surface area contributed by atoms with Crippen molar-refractivity contribution in [2.45, 2.75) is 27.0 Å². The molecule has 0 saturated carbocycles. The molecule has 1 aromatic heterocycles. The molecule has 1 aromatic carbocycles. The molecule has 0 fully saturated rings. The quantitative estimate of drug-likeness (QED) is 0.898. The number of furan rings is 1. The van der Waals surface area contributed by atoms with Crippen LogP contribution in [0.2, 0.25) is 0 Å². The summed E-state index contributed by atoms with van der Waals surface area (Å²) in [7, 11) is 1.87. The van der Waals surface area contributed by atoms with E-state index < -0.39 is 0 Å². The first kappa shape index (κ1) is 13.6. The van der Waals surface area contributed by atoms with Crippen LogP contribution in [0.3, 0.4) is 0 Å². The van der Waals surface area contributed by atoms with E-state index in [1.165, 1.54) is 12.1 Å². The van der Waals surface area contributed by atoms with Gasteiger partial charge in [-0.3, -0.25) is 0 Å². The van der Waals surface area contributed by atoms with Crippen LogP contribution in [0.15, 0.2) is 28.7 Å². The SMILES string of the molecule is CNCc1cc(COc2cc(F)ccc2C)c(C)o1. The summed E-state index contributed by atoms with van der Waals surface area (Å²) in [4.78, 5) is 0. The van der Waals surface area contributed by atoms with E-state index in [1.54, 1.807) is 6.07 Å². The first-order valence-electron chi connectivity index (χ1n) is 6.22. The van der Waals surface area contributed by atoms with E-state index in [1.807, 2.05) is 27.0 Å². The van der Waals surface area contributed by atoms with Crippen LogP contribution in [-0.4, -0.2) is 7.05 Å². The predicted molar refractivity (Wildman–Crippen MR) is 71.7 cm³/mol. The fourth-order valence-electron chi connectivity index (χ4n) is 1.88. The van der Waals surface area contributed by atoms with E-state index in [0.29, 0.717) is 18.9 Å². The summed E-state index contributed by atoms with van der Waals surface area (Å²) in [6, 6.07) is 6.50. The summed E-state index contributed by atoms with van der Waals surface area (Å²) in [5, 5.41) is 3.03. The molecule has 0 radical (unpaired) electrons. The van der Waals surface area contributed by atoms with Gasteiger partial charge in [0.25, 0.3) is 0 Å². The van der Waals surface area contributed by atoms with Crippen molar-refractivity contribution >= 4 is 0 Å². The molecule has 2 rings (SSSR count). The molecule has 0 aliphatic carbocycles. The normalized spacial score (nSPS) is 10.7. The van der Waals surface area contributed by atoms with Crippen molar-refractivity contribution in [3.05, 3.63) is 52.7 Å². The molecule has 0 unspecified atom stereocenters. The molecule has 19 heavy (non-hydrogen) atoms. The number of halogens is 1. The zero-order valence-electron chi connectivity index (χ0n) is 11.4. The Morgan fingerprint density at radius 1 is 1.26 bits per heavy atom. The highest BCUT2D eigenvalue weighted by molar-refractivity contribution is 5.33. The van der Waals surface area contributed by atoms with E-state index in [0.717, 1.165) is 22.6 Å². The zero-order valence-corrected chi connectivity index (χ0v) is 11.4. The van der Waals surface area contributed by atoms with Gasteiger partial charge in [-0.05, 0) is 38.6 Å². The van der Waals surface area contributed by atoms with E-state index >= 15 is 0 Å². The van der Waals surface area contributed by atoms with Crippen LogP contribution in [0.25, 0.3) is 0 Å². The number of hydrogen-bond acceptors (Lipinski definition) is 3. The Morgan fingerprint density at radius 2 is 2.05 bits per heavy atom. The second kappa shape index (κ2) is 5.89. The molecule has 0 saturated heterocycles. The number of rotatable bonds is 5. The first-order chi connectivity index (χ1) is 9.10. The van der Waals surface area contributed by atoms with Gasteiger partial charge >= 0.3 is 0 Å². The summed E-state index contributed by atoms with van der Waals surface area (Å²) in [6.07, 6.45) is 0. The average molecular weight is 263 g/mol. The topological polar surface area (TPSA) is 34.4 Å². The van der Waals surface area contributed by atoms with Crippen molar-refractivity contribution in [2.24, 2.45) is 0 Å². The summed E-state index contributed by atoms with van der Waals surface area (Å²) >= 11 is 0. The van der Waals surface area contributed by atoms with Crippen LogP contribution >= 0.6 is 0 Å². The van der Waals surface area contributed by atoms with Gasteiger partial charge in [0.2, 0.25) is 0 Å². The lowest BCUT2D eigenvalue weighted by Gasteiger charge is -2.08. The summed E-state index contributed by atoms with van der Waals surface area (Å²) in [5.41, 5.74) is 1.90. The maximum Gasteiger partial charge on any atom is 0.126 e. The zero-order chi connectivity index (χ0) is 13.8. The Bertz CT molecular complexity index is 563. The van der Waals surface area contributed by atoms with Gasteiger partial charge in [-0.25, -0.2) is 4.39 Å². The van der Waals surface area contributed by atoms with E-state index in [4.69, 9.17) is 9.15 Å². The molecular weight excluding hydrogens is 245 g/mol. The Hall–Kier alpha value is -1.81. The smallest absolute Gasteiger partial charge is 0.126 e. The van der Waals surface area contributed by atoms with Gasteiger partial charge in [0.1, 0.15) is 29.7 Å². The van der Waals surface area contributed by atoms with Gasteiger partial charge in [0.15, 0.2) is 0 Å². The molecule has 0 atom stereocenters. The van der Waals surface area contributed by atoms with Gasteiger partial charge in [-0.2, -0.15) is 0 Å². The minimum Gasteiger partial charge on any atom is -0.488 e. The molecule has 102 valence electrons. The van der Waals surface area contributed by atoms with E-state index in [-0.39, 0.29) is 5.82 Å². The Morgan fingerprint density at radius 3 is 2.79 bits per heavy atom. The van der Waals surface area contributed by atoms with Crippen LogP contribution in [0.1, 0.15) is 22.6 Å². The average Bonchev–Trinajstić information content (AvgIpc) is 2.71. The maximum absolute atomic E-state index is 13.1. The Balaban J connectivity index is 2.07. The third-order valence-corrected chi connectivity index (χ3v) is 2.96. The number of aryl methyl sites for hydroxylation is 2. The highest BCUT2D eigenvalue weighted by Crippen LogP contribution is 2.22. The monoisotopic (exact) mass is 263 g/mol. The van der Waals surface area contributed by atoms with Crippen molar-refractivity contribution in [1.29, 1.82) is 0 Å². The van der Waals surface area contributed by atoms with Gasteiger partial charge in [-0.15, -0.1) is 0 Å². The molecule has 0 aliphatic rings. The molecule has 3 nitrogen and oxygen atoms in total. The Kier molecular flexibility index (Phi) is 4.22. The third kappa shape index (κ3) is 3.35. The Labute approximate surface area is 112 Å². The van der Waals surface area contributed by atoms with Crippen molar-refractivity contribution in [3.8, 4) is 5.75 Å². The first-order valence-corrected chi connectivity index (χ1v) is 6.22. The minimum atomic E-state index is -0.291. The third-order valence-electron chi connectivity index (χ3n) is 2.96. The summed E-state index contributed by atoms with van der Waals surface area (Å²) in [6.45, 7) is 4.85. The van der Waals surface area contributed by atoms with E-state index in [2.05, 4.69) is 5.32 Å². The van der Waals surface area contributed by atoms with Crippen LogP contribution in [0.4, 0.5) is 4.39 Å². The minimum absolute atomic E-state index is 0.291. The molecule has 0 amide bonds. The molecule has 1 heterocycles. The highest BCUT2D eigenvalue weighted by Gasteiger charge is 2.09. The number of nitrogens with one attached hydrogen (secondary N) is 1. The van der Waals surface area contributed by atoms with Crippen LogP contribution < -0.4 is 10.1 Å².